The van der Waals surface area contributed by atoms with Gasteiger partial charge in [-0.3, -0.25) is 4.79 Å². The molecule has 0 N–H and O–H groups in total. The Bertz CT molecular complexity index is 665. The number of halogens is 5. The Morgan fingerprint density at radius 1 is 0.900 bits per heavy atom. The molecule has 20 heavy (non-hydrogen) atoms. The molecular formula is C14H7ClF4O. The lowest BCUT2D eigenvalue weighted by Crippen LogP contribution is -2.07. The van der Waals surface area contributed by atoms with Crippen molar-refractivity contribution in [3.05, 3.63) is 69.8 Å². The van der Waals surface area contributed by atoms with Gasteiger partial charge in [0.25, 0.3) is 0 Å². The van der Waals surface area contributed by atoms with Crippen molar-refractivity contribution in [3.8, 4) is 0 Å². The van der Waals surface area contributed by atoms with Crippen LogP contribution < -0.4 is 0 Å². The highest BCUT2D eigenvalue weighted by Crippen LogP contribution is 2.21. The maximum atomic E-state index is 13.5. The van der Waals surface area contributed by atoms with Gasteiger partial charge in [-0.2, -0.15) is 0 Å². The zero-order valence-electron chi connectivity index (χ0n) is 9.89. The van der Waals surface area contributed by atoms with Gasteiger partial charge in [-0.15, -0.1) is 0 Å². The van der Waals surface area contributed by atoms with Gasteiger partial charge in [0.15, 0.2) is 5.78 Å². The van der Waals surface area contributed by atoms with Crippen LogP contribution in [0.3, 0.4) is 0 Å². The molecular weight excluding hydrogens is 296 g/mol. The molecule has 0 radical (unpaired) electrons. The van der Waals surface area contributed by atoms with Crippen molar-refractivity contribution in [1.29, 1.82) is 0 Å². The summed E-state index contributed by atoms with van der Waals surface area (Å²) in [6, 6.07) is 3.89. The molecule has 0 heterocycles. The molecule has 2 aromatic rings. The van der Waals surface area contributed by atoms with E-state index in [9.17, 15) is 22.4 Å². The molecule has 0 aromatic heterocycles. The first-order valence-electron chi connectivity index (χ1n) is 5.49. The number of hydrogen-bond acceptors (Lipinski definition) is 1. The van der Waals surface area contributed by atoms with Crippen LogP contribution in [0.4, 0.5) is 17.6 Å². The average molecular weight is 303 g/mol. The average Bonchev–Trinajstić information content (AvgIpc) is 2.32. The molecule has 104 valence electrons. The fraction of sp³-hybridized carbons (Fsp3) is 0.0714. The van der Waals surface area contributed by atoms with Crippen LogP contribution in [0.1, 0.15) is 15.9 Å². The lowest BCUT2D eigenvalue weighted by Gasteiger charge is -2.05. The molecule has 0 aliphatic carbocycles. The number of Topliss-reactive ketones (excluding diaryl/α,β-unsaturated/α-hetero) is 1. The van der Waals surface area contributed by atoms with E-state index in [0.29, 0.717) is 18.2 Å². The molecule has 0 spiro atoms. The summed E-state index contributed by atoms with van der Waals surface area (Å²) >= 11 is 5.37. The molecule has 0 aliphatic heterocycles. The van der Waals surface area contributed by atoms with Crippen LogP contribution in [0.5, 0.6) is 0 Å². The predicted molar refractivity (Wildman–Crippen MR) is 65.8 cm³/mol. The molecule has 0 bridgehead atoms. The summed E-state index contributed by atoms with van der Waals surface area (Å²) in [5.41, 5.74) is -0.487. The van der Waals surface area contributed by atoms with E-state index in [2.05, 4.69) is 0 Å². The van der Waals surface area contributed by atoms with Gasteiger partial charge in [-0.1, -0.05) is 11.6 Å². The van der Waals surface area contributed by atoms with Crippen molar-refractivity contribution in [2.24, 2.45) is 0 Å². The van der Waals surface area contributed by atoms with Gasteiger partial charge in [0.05, 0.1) is 10.6 Å². The van der Waals surface area contributed by atoms with Crippen LogP contribution in [0.25, 0.3) is 0 Å². The molecule has 0 saturated carbocycles. The Morgan fingerprint density at radius 3 is 2.10 bits per heavy atom. The van der Waals surface area contributed by atoms with Gasteiger partial charge in [0.2, 0.25) is 0 Å². The minimum Gasteiger partial charge on any atom is -0.294 e. The Labute approximate surface area is 116 Å². The van der Waals surface area contributed by atoms with Crippen LogP contribution in [0.2, 0.25) is 5.02 Å². The summed E-state index contributed by atoms with van der Waals surface area (Å²) in [5, 5.41) is -0.448. The lowest BCUT2D eigenvalue weighted by molar-refractivity contribution is 0.0988. The number of carbonyl (C=O) groups is 1. The zero-order chi connectivity index (χ0) is 14.9. The molecule has 1 nitrogen and oxygen atoms in total. The van der Waals surface area contributed by atoms with E-state index in [1.165, 1.54) is 0 Å². The maximum absolute atomic E-state index is 13.5. The van der Waals surface area contributed by atoms with E-state index in [1.807, 2.05) is 0 Å². The highest BCUT2D eigenvalue weighted by atomic mass is 35.5. The first-order chi connectivity index (χ1) is 9.36. The molecule has 0 aliphatic rings. The van der Waals surface area contributed by atoms with Crippen molar-refractivity contribution in [3.63, 3.8) is 0 Å². The highest BCUT2D eigenvalue weighted by Gasteiger charge is 2.16. The quantitative estimate of drug-likeness (QED) is 0.469. The molecule has 0 unspecified atom stereocenters. The van der Waals surface area contributed by atoms with Crippen molar-refractivity contribution >= 4 is 17.4 Å². The number of carbonyl (C=O) groups excluding carboxylic acids is 1. The van der Waals surface area contributed by atoms with E-state index < -0.39 is 46.1 Å². The monoisotopic (exact) mass is 302 g/mol. The lowest BCUT2D eigenvalue weighted by atomic mass is 10.0. The van der Waals surface area contributed by atoms with Crippen LogP contribution in [0.15, 0.2) is 30.3 Å². The van der Waals surface area contributed by atoms with Gasteiger partial charge < -0.3 is 0 Å². The molecule has 2 rings (SSSR count). The summed E-state index contributed by atoms with van der Waals surface area (Å²) in [5.74, 6) is -4.44. The van der Waals surface area contributed by atoms with E-state index >= 15 is 0 Å². The van der Waals surface area contributed by atoms with Crippen LogP contribution in [-0.2, 0) is 6.42 Å². The third-order valence-corrected chi connectivity index (χ3v) is 2.89. The maximum Gasteiger partial charge on any atom is 0.170 e. The van der Waals surface area contributed by atoms with Gasteiger partial charge in [-0.25, -0.2) is 17.6 Å². The second-order valence-corrected chi connectivity index (χ2v) is 4.53. The highest BCUT2D eigenvalue weighted by molar-refractivity contribution is 6.30. The predicted octanol–water partition coefficient (Wildman–Crippen LogP) is 4.32. The normalized spacial score (nSPS) is 10.7. The smallest absolute Gasteiger partial charge is 0.170 e. The van der Waals surface area contributed by atoms with Crippen LogP contribution >= 0.6 is 11.6 Å². The van der Waals surface area contributed by atoms with Crippen LogP contribution in [0, 0.1) is 23.3 Å². The van der Waals surface area contributed by atoms with Gasteiger partial charge >= 0.3 is 0 Å². The molecule has 2 aromatic carbocycles. The zero-order valence-corrected chi connectivity index (χ0v) is 10.6. The fourth-order valence-corrected chi connectivity index (χ4v) is 1.88. The third-order valence-electron chi connectivity index (χ3n) is 2.60. The summed E-state index contributed by atoms with van der Waals surface area (Å²) in [6.07, 6.45) is -0.452. The second-order valence-electron chi connectivity index (χ2n) is 4.12. The minimum absolute atomic E-state index is 0.0299. The van der Waals surface area contributed by atoms with Crippen LogP contribution in [-0.4, -0.2) is 5.78 Å². The van der Waals surface area contributed by atoms with Crippen molar-refractivity contribution in [1.82, 2.24) is 0 Å². The Balaban J connectivity index is 2.30. The first kappa shape index (κ1) is 14.5. The number of rotatable bonds is 3. The van der Waals surface area contributed by atoms with Gasteiger partial charge in [0.1, 0.15) is 23.3 Å². The summed E-state index contributed by atoms with van der Waals surface area (Å²) in [6.45, 7) is 0. The molecule has 0 saturated heterocycles. The van der Waals surface area contributed by atoms with E-state index in [1.54, 1.807) is 0 Å². The molecule has 6 heteroatoms. The van der Waals surface area contributed by atoms with Crippen molar-refractivity contribution in [2.45, 2.75) is 6.42 Å². The second kappa shape index (κ2) is 5.63. The van der Waals surface area contributed by atoms with E-state index in [0.717, 1.165) is 12.1 Å². The number of ketones is 1. The molecule has 0 atom stereocenters. The van der Waals surface area contributed by atoms with Gasteiger partial charge in [-0.05, 0) is 29.8 Å². The summed E-state index contributed by atoms with van der Waals surface area (Å²) < 4.78 is 52.7. The number of hydrogen-bond donors (Lipinski definition) is 0. The summed E-state index contributed by atoms with van der Waals surface area (Å²) in [7, 11) is 0. The number of benzene rings is 2. The van der Waals surface area contributed by atoms with Crippen molar-refractivity contribution < 1.29 is 22.4 Å². The first-order valence-corrected chi connectivity index (χ1v) is 5.87. The fourth-order valence-electron chi connectivity index (χ4n) is 1.73. The van der Waals surface area contributed by atoms with E-state index in [4.69, 9.17) is 11.6 Å². The Hall–Kier alpha value is -1.88. The third kappa shape index (κ3) is 3.17. The van der Waals surface area contributed by atoms with Gasteiger partial charge in [0, 0.05) is 12.5 Å². The standard InChI is InChI=1S/C14H7ClF4O/c15-11-6-12(18)10(5-13(11)19)14(20)3-7-1-8(16)4-9(17)2-7/h1-2,4-6H,3H2. The molecule has 0 fully saturated rings. The Morgan fingerprint density at radius 2 is 1.50 bits per heavy atom. The topological polar surface area (TPSA) is 17.1 Å². The minimum atomic E-state index is -0.988. The van der Waals surface area contributed by atoms with Crippen molar-refractivity contribution in [2.75, 3.05) is 0 Å². The SMILES string of the molecule is O=C(Cc1cc(F)cc(F)c1)c1cc(F)c(Cl)cc1F. The molecule has 0 amide bonds. The summed E-state index contributed by atoms with van der Waals surface area (Å²) in [4.78, 5) is 11.8. The van der Waals surface area contributed by atoms with E-state index in [-0.39, 0.29) is 5.56 Å². The Kier molecular flexibility index (Phi) is 4.09. The largest absolute Gasteiger partial charge is 0.294 e.